The van der Waals surface area contributed by atoms with E-state index < -0.39 is 23.7 Å². The van der Waals surface area contributed by atoms with Gasteiger partial charge in [0.15, 0.2) is 5.78 Å². The van der Waals surface area contributed by atoms with Crippen molar-refractivity contribution in [1.82, 2.24) is 4.90 Å². The Hall–Kier alpha value is -1.66. The van der Waals surface area contributed by atoms with Crippen LogP contribution >= 0.6 is 0 Å². The summed E-state index contributed by atoms with van der Waals surface area (Å²) in [7, 11) is 1.70. The standard InChI is InChI=1S/C25H37NO5/c1-14(2)11-25-9-8-18-19(24(18,3)4)17(21(25)29)10-16(13-27)20(28)22(25)31-23(30)26(5)12-15-6-7-15/h10-11,15,17-20,22,27-28H,6-9,12-13H2,1-5H3. The number of fused-ring (bicyclic) bond motifs is 4. The molecule has 0 aromatic heterocycles. The predicted octanol–water partition coefficient (Wildman–Crippen LogP) is 3.33. The Morgan fingerprint density at radius 1 is 1.29 bits per heavy atom. The second-order valence-electron chi connectivity index (χ2n) is 11.1. The van der Waals surface area contributed by atoms with Gasteiger partial charge in [0.2, 0.25) is 0 Å². The van der Waals surface area contributed by atoms with E-state index in [-0.39, 0.29) is 29.6 Å². The Kier molecular flexibility index (Phi) is 5.62. The Morgan fingerprint density at radius 2 is 1.97 bits per heavy atom. The Morgan fingerprint density at radius 3 is 2.55 bits per heavy atom. The third-order valence-electron chi connectivity index (χ3n) is 8.22. The maximum Gasteiger partial charge on any atom is 0.409 e. The minimum atomic E-state index is -1.22. The summed E-state index contributed by atoms with van der Waals surface area (Å²) < 4.78 is 5.94. The van der Waals surface area contributed by atoms with Gasteiger partial charge in [-0.25, -0.2) is 4.79 Å². The van der Waals surface area contributed by atoms with Crippen molar-refractivity contribution in [3.63, 3.8) is 0 Å². The highest BCUT2D eigenvalue weighted by molar-refractivity contribution is 5.93. The first-order valence-electron chi connectivity index (χ1n) is 11.6. The number of allylic oxidation sites excluding steroid dienone is 2. The summed E-state index contributed by atoms with van der Waals surface area (Å²) >= 11 is 0. The molecule has 4 rings (SSSR count). The van der Waals surface area contributed by atoms with E-state index in [2.05, 4.69) is 13.8 Å². The largest absolute Gasteiger partial charge is 0.442 e. The second kappa shape index (κ2) is 7.73. The number of ketones is 1. The molecule has 2 N–H and O–H groups in total. The molecule has 0 aliphatic heterocycles. The van der Waals surface area contributed by atoms with Crippen molar-refractivity contribution in [1.29, 1.82) is 0 Å². The fourth-order valence-electron chi connectivity index (χ4n) is 6.33. The van der Waals surface area contributed by atoms with Crippen LogP contribution in [-0.2, 0) is 9.53 Å². The first-order valence-corrected chi connectivity index (χ1v) is 11.6. The summed E-state index contributed by atoms with van der Waals surface area (Å²) in [5, 5.41) is 21.3. The molecular formula is C25H37NO5. The monoisotopic (exact) mass is 431 g/mol. The van der Waals surface area contributed by atoms with Crippen LogP contribution < -0.4 is 0 Å². The number of nitrogens with zero attached hydrogens (tertiary/aromatic N) is 1. The number of hydrogen-bond acceptors (Lipinski definition) is 5. The van der Waals surface area contributed by atoms with Crippen molar-refractivity contribution >= 4 is 11.9 Å². The Bertz CT molecular complexity index is 822. The number of aliphatic hydroxyl groups is 2. The summed E-state index contributed by atoms with van der Waals surface area (Å²) in [6.07, 6.45) is 4.52. The van der Waals surface area contributed by atoms with Crippen LogP contribution in [0.5, 0.6) is 0 Å². The lowest BCUT2D eigenvalue weighted by atomic mass is 9.68. The van der Waals surface area contributed by atoms with Crippen LogP contribution in [0, 0.1) is 34.5 Å². The van der Waals surface area contributed by atoms with E-state index in [1.54, 1.807) is 18.0 Å². The first-order chi connectivity index (χ1) is 14.5. The van der Waals surface area contributed by atoms with Gasteiger partial charge in [-0.3, -0.25) is 4.79 Å². The highest BCUT2D eigenvalue weighted by Gasteiger charge is 2.68. The zero-order valence-corrected chi connectivity index (χ0v) is 19.4. The lowest BCUT2D eigenvalue weighted by molar-refractivity contribution is -0.139. The maximum absolute atomic E-state index is 14.1. The van der Waals surface area contributed by atoms with Gasteiger partial charge in [0.05, 0.1) is 12.0 Å². The summed E-state index contributed by atoms with van der Waals surface area (Å²) in [6.45, 7) is 8.52. The van der Waals surface area contributed by atoms with Gasteiger partial charge in [-0.05, 0) is 68.3 Å². The second-order valence-corrected chi connectivity index (χ2v) is 11.1. The van der Waals surface area contributed by atoms with Gasteiger partial charge < -0.3 is 19.8 Å². The summed E-state index contributed by atoms with van der Waals surface area (Å²) in [5.74, 6) is 0.733. The summed E-state index contributed by atoms with van der Waals surface area (Å²) in [4.78, 5) is 28.6. The van der Waals surface area contributed by atoms with Crippen molar-refractivity contribution in [2.75, 3.05) is 20.2 Å². The van der Waals surface area contributed by atoms with Crippen molar-refractivity contribution < 1.29 is 24.5 Å². The zero-order valence-electron chi connectivity index (χ0n) is 19.4. The van der Waals surface area contributed by atoms with Gasteiger partial charge in [0.1, 0.15) is 12.2 Å². The third-order valence-corrected chi connectivity index (χ3v) is 8.22. The highest BCUT2D eigenvalue weighted by atomic mass is 16.6. The highest BCUT2D eigenvalue weighted by Crippen LogP contribution is 2.68. The van der Waals surface area contributed by atoms with E-state index in [0.29, 0.717) is 30.4 Å². The van der Waals surface area contributed by atoms with Crippen LogP contribution in [0.4, 0.5) is 4.79 Å². The molecular weight excluding hydrogens is 394 g/mol. The van der Waals surface area contributed by atoms with Gasteiger partial charge in [-0.15, -0.1) is 0 Å². The molecule has 1 amide bonds. The van der Waals surface area contributed by atoms with Crippen LogP contribution in [0.25, 0.3) is 0 Å². The lowest BCUT2D eigenvalue weighted by Gasteiger charge is -2.40. The molecule has 0 saturated heterocycles. The number of Topliss-reactive ketones (excluding diaryl/α,β-unsaturated/α-hetero) is 1. The molecule has 6 nitrogen and oxygen atoms in total. The Balaban J connectivity index is 1.75. The molecule has 0 spiro atoms. The first kappa shape index (κ1) is 22.5. The molecule has 0 radical (unpaired) electrons. The molecule has 6 atom stereocenters. The number of rotatable bonds is 5. The molecule has 4 aliphatic rings. The molecule has 0 heterocycles. The van der Waals surface area contributed by atoms with E-state index in [1.165, 1.54) is 0 Å². The minimum Gasteiger partial charge on any atom is -0.442 e. The van der Waals surface area contributed by atoms with Crippen LogP contribution in [0.15, 0.2) is 23.3 Å². The number of ether oxygens (including phenoxy) is 1. The van der Waals surface area contributed by atoms with Crippen molar-refractivity contribution in [3.8, 4) is 0 Å². The van der Waals surface area contributed by atoms with Crippen LogP contribution in [0.2, 0.25) is 0 Å². The van der Waals surface area contributed by atoms with E-state index in [4.69, 9.17) is 4.74 Å². The van der Waals surface area contributed by atoms with Gasteiger partial charge in [-0.2, -0.15) is 0 Å². The van der Waals surface area contributed by atoms with E-state index in [0.717, 1.165) is 24.8 Å². The average Bonchev–Trinajstić information content (AvgIpc) is 3.60. The van der Waals surface area contributed by atoms with E-state index >= 15 is 0 Å². The fourth-order valence-corrected chi connectivity index (χ4v) is 6.33. The quantitative estimate of drug-likeness (QED) is 0.652. The van der Waals surface area contributed by atoms with Crippen LogP contribution in [0.1, 0.15) is 53.4 Å². The molecule has 0 aromatic carbocycles. The average molecular weight is 432 g/mol. The molecule has 31 heavy (non-hydrogen) atoms. The third kappa shape index (κ3) is 3.76. The maximum atomic E-state index is 14.1. The molecule has 172 valence electrons. The molecule has 6 unspecified atom stereocenters. The number of carbonyl (C=O) groups is 2. The van der Waals surface area contributed by atoms with E-state index in [9.17, 15) is 19.8 Å². The molecule has 2 bridgehead atoms. The number of carbonyl (C=O) groups excluding carboxylic acids is 2. The molecule has 3 saturated carbocycles. The number of aliphatic hydroxyl groups excluding tert-OH is 2. The van der Waals surface area contributed by atoms with Gasteiger partial charge >= 0.3 is 6.09 Å². The summed E-state index contributed by atoms with van der Waals surface area (Å²) in [6, 6.07) is 0. The smallest absolute Gasteiger partial charge is 0.409 e. The SMILES string of the molecule is CC(C)=CC12CCC3C(C(C=C(CO)C(O)C1OC(=O)N(C)CC1CC1)C2=O)C3(C)C. The fraction of sp³-hybridized carbons (Fsp3) is 0.760. The summed E-state index contributed by atoms with van der Waals surface area (Å²) in [5.41, 5.74) is 0.304. The van der Waals surface area contributed by atoms with Crippen molar-refractivity contribution in [2.45, 2.75) is 65.6 Å². The van der Waals surface area contributed by atoms with Crippen LogP contribution in [0.3, 0.4) is 0 Å². The van der Waals surface area contributed by atoms with Crippen molar-refractivity contribution in [3.05, 3.63) is 23.3 Å². The molecule has 4 aliphatic carbocycles. The molecule has 6 heteroatoms. The zero-order chi connectivity index (χ0) is 22.7. The number of hydrogen-bond donors (Lipinski definition) is 2. The van der Waals surface area contributed by atoms with Gasteiger partial charge in [-0.1, -0.05) is 31.6 Å². The predicted molar refractivity (Wildman–Crippen MR) is 117 cm³/mol. The normalized spacial score (nSPS) is 38.2. The van der Waals surface area contributed by atoms with E-state index in [1.807, 2.05) is 19.9 Å². The molecule has 0 aromatic rings. The lowest BCUT2D eigenvalue weighted by Crippen LogP contribution is -2.52. The van der Waals surface area contributed by atoms with Gasteiger partial charge in [0, 0.05) is 19.5 Å². The van der Waals surface area contributed by atoms with Gasteiger partial charge in [0.25, 0.3) is 0 Å². The molecule has 3 fully saturated rings. The van der Waals surface area contributed by atoms with Crippen LogP contribution in [-0.4, -0.2) is 59.4 Å². The minimum absolute atomic E-state index is 0.0110. The topological polar surface area (TPSA) is 87.1 Å². The number of amides is 1. The Labute approximate surface area is 185 Å². The van der Waals surface area contributed by atoms with Crippen molar-refractivity contribution in [2.24, 2.45) is 34.5 Å².